The molecule has 0 aromatic carbocycles. The van der Waals surface area contributed by atoms with E-state index < -0.39 is 0 Å². The maximum absolute atomic E-state index is 5.35. The first kappa shape index (κ1) is 10.5. The smallest absolute Gasteiger partial charge is 0.158 e. The average Bonchev–Trinajstić information content (AvgIpc) is 3.19. The number of furan rings is 1. The van der Waals surface area contributed by atoms with Crippen LogP contribution in [0.3, 0.4) is 0 Å². The molecule has 6 heteroatoms. The Morgan fingerprint density at radius 3 is 2.79 bits per heavy atom. The maximum Gasteiger partial charge on any atom is 0.158 e. The largest absolute Gasteiger partial charge is 0.463 e. The van der Waals surface area contributed by atoms with Crippen molar-refractivity contribution >= 4 is 22.2 Å². The summed E-state index contributed by atoms with van der Waals surface area (Å²) in [7, 11) is 0. The van der Waals surface area contributed by atoms with Gasteiger partial charge in [-0.2, -0.15) is 0 Å². The van der Waals surface area contributed by atoms with E-state index in [1.54, 1.807) is 29.9 Å². The Labute approximate surface area is 111 Å². The second kappa shape index (κ2) is 4.03. The minimum atomic E-state index is 0.592. The molecule has 5 nitrogen and oxygen atoms in total. The molecule has 0 N–H and O–H groups in total. The summed E-state index contributed by atoms with van der Waals surface area (Å²) in [6, 6.07) is 7.59. The zero-order chi connectivity index (χ0) is 12.7. The predicted molar refractivity (Wildman–Crippen MR) is 70.6 cm³/mol. The van der Waals surface area contributed by atoms with E-state index in [1.165, 1.54) is 0 Å². The first-order valence-electron chi connectivity index (χ1n) is 5.62. The van der Waals surface area contributed by atoms with Crippen LogP contribution in [-0.4, -0.2) is 15.4 Å². The molecule has 0 fully saturated rings. The summed E-state index contributed by atoms with van der Waals surface area (Å²) >= 11 is 1.60. The molecule has 0 atom stereocenters. The number of hydrogen-bond acceptors (Lipinski definition) is 6. The van der Waals surface area contributed by atoms with Crippen molar-refractivity contribution in [2.75, 3.05) is 0 Å². The molecule has 0 saturated carbocycles. The monoisotopic (exact) mass is 269 g/mol. The third-order valence-electron chi connectivity index (χ3n) is 2.81. The lowest BCUT2D eigenvalue weighted by molar-refractivity contribution is 0.428. The Balaban J connectivity index is 2.01. The molecule has 19 heavy (non-hydrogen) atoms. The third kappa shape index (κ3) is 1.57. The zero-order valence-corrected chi connectivity index (χ0v) is 10.4. The Hall–Kier alpha value is -2.47. The van der Waals surface area contributed by atoms with Gasteiger partial charge in [-0.05, 0) is 23.6 Å². The fourth-order valence-electron chi connectivity index (χ4n) is 1.95. The summed E-state index contributed by atoms with van der Waals surface area (Å²) in [6.07, 6.45) is 3.18. The summed E-state index contributed by atoms with van der Waals surface area (Å²) in [5.74, 6) is 0.629. The number of hydrogen-bond donors (Lipinski definition) is 0. The molecule has 0 aliphatic heterocycles. The molecule has 0 aliphatic carbocycles. The highest BCUT2D eigenvalue weighted by atomic mass is 32.1. The maximum atomic E-state index is 5.35. The second-order valence-corrected chi connectivity index (χ2v) is 4.88. The van der Waals surface area contributed by atoms with Crippen molar-refractivity contribution in [3.63, 3.8) is 0 Å². The van der Waals surface area contributed by atoms with E-state index in [9.17, 15) is 0 Å². The van der Waals surface area contributed by atoms with Crippen molar-refractivity contribution < 1.29 is 8.94 Å². The SMILES string of the molecule is c1coc(-c2nnc(-c3cccs3)c3conc23)c1. The van der Waals surface area contributed by atoms with Crippen molar-refractivity contribution in [1.29, 1.82) is 0 Å². The molecule has 0 aliphatic rings. The molecule has 0 radical (unpaired) electrons. The van der Waals surface area contributed by atoms with E-state index in [2.05, 4.69) is 15.4 Å². The lowest BCUT2D eigenvalue weighted by Gasteiger charge is -2.00. The summed E-state index contributed by atoms with van der Waals surface area (Å²) in [5, 5.41) is 15.3. The molecule has 0 amide bonds. The molecule has 4 rings (SSSR count). The first-order valence-corrected chi connectivity index (χ1v) is 6.50. The lowest BCUT2D eigenvalue weighted by atomic mass is 10.2. The minimum Gasteiger partial charge on any atom is -0.463 e. The molecule has 4 heterocycles. The molecule has 92 valence electrons. The van der Waals surface area contributed by atoms with E-state index in [0.29, 0.717) is 17.0 Å². The topological polar surface area (TPSA) is 65.0 Å². The van der Waals surface area contributed by atoms with Gasteiger partial charge in [0.05, 0.1) is 16.5 Å². The van der Waals surface area contributed by atoms with Crippen LogP contribution in [0.4, 0.5) is 0 Å². The summed E-state index contributed by atoms with van der Waals surface area (Å²) < 4.78 is 10.4. The highest BCUT2D eigenvalue weighted by Gasteiger charge is 2.17. The highest BCUT2D eigenvalue weighted by Crippen LogP contribution is 2.33. The van der Waals surface area contributed by atoms with Gasteiger partial charge in [0.2, 0.25) is 0 Å². The molecule has 4 aromatic heterocycles. The van der Waals surface area contributed by atoms with Crippen molar-refractivity contribution in [2.45, 2.75) is 0 Å². The third-order valence-corrected chi connectivity index (χ3v) is 3.68. The number of aromatic nitrogens is 3. The van der Waals surface area contributed by atoms with Crippen molar-refractivity contribution in [1.82, 2.24) is 15.4 Å². The van der Waals surface area contributed by atoms with Crippen LogP contribution >= 0.6 is 11.3 Å². The van der Waals surface area contributed by atoms with Crippen LogP contribution in [0.5, 0.6) is 0 Å². The molecule has 0 spiro atoms. The Morgan fingerprint density at radius 2 is 2.00 bits per heavy atom. The van der Waals surface area contributed by atoms with Crippen LogP contribution in [0.15, 0.2) is 51.1 Å². The first-order chi connectivity index (χ1) is 9.43. The quantitative estimate of drug-likeness (QED) is 0.556. The fourth-order valence-corrected chi connectivity index (χ4v) is 2.67. The lowest BCUT2D eigenvalue weighted by Crippen LogP contribution is -1.91. The summed E-state index contributed by atoms with van der Waals surface area (Å²) in [5.41, 5.74) is 2.03. The average molecular weight is 269 g/mol. The molecule has 4 aromatic rings. The van der Waals surface area contributed by atoms with E-state index in [0.717, 1.165) is 16.0 Å². The predicted octanol–water partition coefficient (Wildman–Crippen LogP) is 3.61. The molecule has 0 bridgehead atoms. The minimum absolute atomic E-state index is 0.592. The number of fused-ring (bicyclic) bond motifs is 1. The van der Waals surface area contributed by atoms with Gasteiger partial charge in [-0.25, -0.2) is 0 Å². The van der Waals surface area contributed by atoms with Gasteiger partial charge in [-0.3, -0.25) is 0 Å². The standard InChI is InChI=1S/C13H7N3O2S/c1-3-9(17-5-1)13-12-8(7-18-16-12)11(14-15-13)10-4-2-6-19-10/h1-7H. The molecule has 0 unspecified atom stereocenters. The molecular formula is C13H7N3O2S. The Morgan fingerprint density at radius 1 is 1.05 bits per heavy atom. The van der Waals surface area contributed by atoms with Crippen molar-refractivity contribution in [3.05, 3.63) is 42.2 Å². The normalized spacial score (nSPS) is 11.2. The van der Waals surface area contributed by atoms with Crippen LogP contribution < -0.4 is 0 Å². The number of nitrogens with zero attached hydrogens (tertiary/aromatic N) is 3. The van der Waals surface area contributed by atoms with E-state index in [-0.39, 0.29) is 0 Å². The van der Waals surface area contributed by atoms with E-state index in [1.807, 2.05) is 23.6 Å². The van der Waals surface area contributed by atoms with Crippen LogP contribution in [0.2, 0.25) is 0 Å². The van der Waals surface area contributed by atoms with Gasteiger partial charge in [0.1, 0.15) is 17.5 Å². The number of thiophene rings is 1. The second-order valence-electron chi connectivity index (χ2n) is 3.93. The van der Waals surface area contributed by atoms with Crippen LogP contribution in [0.25, 0.3) is 32.9 Å². The van der Waals surface area contributed by atoms with Gasteiger partial charge in [-0.15, -0.1) is 21.5 Å². The van der Waals surface area contributed by atoms with Gasteiger partial charge < -0.3 is 8.94 Å². The van der Waals surface area contributed by atoms with Crippen LogP contribution in [-0.2, 0) is 0 Å². The Kier molecular flexibility index (Phi) is 2.22. The number of rotatable bonds is 2. The fraction of sp³-hybridized carbons (Fsp3) is 0. The Bertz CT molecular complexity index is 751. The van der Waals surface area contributed by atoms with Gasteiger partial charge in [0.25, 0.3) is 0 Å². The van der Waals surface area contributed by atoms with Gasteiger partial charge in [0.15, 0.2) is 11.5 Å². The van der Waals surface area contributed by atoms with Crippen LogP contribution in [0, 0.1) is 0 Å². The zero-order valence-electron chi connectivity index (χ0n) is 9.61. The van der Waals surface area contributed by atoms with E-state index >= 15 is 0 Å². The van der Waals surface area contributed by atoms with Crippen molar-refractivity contribution in [3.8, 4) is 22.0 Å². The molecule has 0 saturated heterocycles. The van der Waals surface area contributed by atoms with Gasteiger partial charge >= 0.3 is 0 Å². The molecular weight excluding hydrogens is 262 g/mol. The van der Waals surface area contributed by atoms with Gasteiger partial charge in [0, 0.05) is 0 Å². The van der Waals surface area contributed by atoms with Crippen LogP contribution in [0.1, 0.15) is 0 Å². The highest BCUT2D eigenvalue weighted by molar-refractivity contribution is 7.13. The van der Waals surface area contributed by atoms with Crippen molar-refractivity contribution in [2.24, 2.45) is 0 Å². The van der Waals surface area contributed by atoms with Gasteiger partial charge in [-0.1, -0.05) is 11.2 Å². The van der Waals surface area contributed by atoms with E-state index in [4.69, 9.17) is 8.94 Å². The summed E-state index contributed by atoms with van der Waals surface area (Å²) in [6.45, 7) is 0. The summed E-state index contributed by atoms with van der Waals surface area (Å²) in [4.78, 5) is 1.03.